The SMILES string of the molecule is O=C(OCc1ccccc1)c1[nH]c2ccc(Cl)cc2c1CCl. The number of hydrogen-bond donors (Lipinski definition) is 1. The molecular weight excluding hydrogens is 321 g/mol. The molecule has 0 radical (unpaired) electrons. The number of fused-ring (bicyclic) bond motifs is 1. The van der Waals surface area contributed by atoms with Crippen molar-refractivity contribution in [3.8, 4) is 0 Å². The number of alkyl halides is 1. The van der Waals surface area contributed by atoms with Crippen LogP contribution < -0.4 is 0 Å². The number of aromatic amines is 1. The lowest BCUT2D eigenvalue weighted by molar-refractivity contribution is 0.0466. The number of benzene rings is 2. The summed E-state index contributed by atoms with van der Waals surface area (Å²) in [5.41, 5.74) is 2.83. The fraction of sp³-hybridized carbons (Fsp3) is 0.118. The van der Waals surface area contributed by atoms with Crippen molar-refractivity contribution in [3.63, 3.8) is 0 Å². The van der Waals surface area contributed by atoms with E-state index < -0.39 is 5.97 Å². The first-order chi connectivity index (χ1) is 10.7. The molecule has 1 N–H and O–H groups in total. The number of nitrogens with one attached hydrogen (secondary N) is 1. The van der Waals surface area contributed by atoms with Crippen molar-refractivity contribution in [1.82, 2.24) is 4.98 Å². The van der Waals surface area contributed by atoms with Crippen LogP contribution >= 0.6 is 23.2 Å². The van der Waals surface area contributed by atoms with E-state index in [1.54, 1.807) is 12.1 Å². The van der Waals surface area contributed by atoms with Crippen LogP contribution in [0.3, 0.4) is 0 Å². The molecule has 1 heterocycles. The number of carbonyl (C=O) groups excluding carboxylic acids is 1. The molecule has 0 unspecified atom stereocenters. The van der Waals surface area contributed by atoms with E-state index in [4.69, 9.17) is 27.9 Å². The Bertz CT molecular complexity index is 812. The maximum absolute atomic E-state index is 12.3. The van der Waals surface area contributed by atoms with Gasteiger partial charge < -0.3 is 9.72 Å². The molecule has 3 aromatic rings. The van der Waals surface area contributed by atoms with Crippen LogP contribution in [0.2, 0.25) is 5.02 Å². The number of hydrogen-bond acceptors (Lipinski definition) is 2. The minimum Gasteiger partial charge on any atom is -0.456 e. The third kappa shape index (κ3) is 2.96. The summed E-state index contributed by atoms with van der Waals surface area (Å²) >= 11 is 12.0. The molecule has 0 aliphatic heterocycles. The maximum atomic E-state index is 12.3. The Balaban J connectivity index is 1.87. The van der Waals surface area contributed by atoms with Crippen molar-refractivity contribution >= 4 is 40.1 Å². The topological polar surface area (TPSA) is 42.1 Å². The van der Waals surface area contributed by atoms with Gasteiger partial charge in [0.1, 0.15) is 12.3 Å². The number of halogens is 2. The fourth-order valence-electron chi connectivity index (χ4n) is 2.33. The predicted octanol–water partition coefficient (Wildman–Crippen LogP) is 4.92. The van der Waals surface area contributed by atoms with Crippen LogP contribution in [-0.2, 0) is 17.2 Å². The lowest BCUT2D eigenvalue weighted by atomic mass is 10.1. The first-order valence-corrected chi connectivity index (χ1v) is 7.67. The molecule has 112 valence electrons. The average molecular weight is 334 g/mol. The van der Waals surface area contributed by atoms with Crippen LogP contribution in [-0.4, -0.2) is 11.0 Å². The molecule has 0 bridgehead atoms. The van der Waals surface area contributed by atoms with E-state index in [0.717, 1.165) is 16.5 Å². The number of carbonyl (C=O) groups is 1. The third-order valence-electron chi connectivity index (χ3n) is 3.42. The minimum atomic E-state index is -0.424. The van der Waals surface area contributed by atoms with Crippen molar-refractivity contribution in [1.29, 1.82) is 0 Å². The molecule has 0 aliphatic carbocycles. The molecule has 2 aromatic carbocycles. The van der Waals surface area contributed by atoms with Gasteiger partial charge in [0.25, 0.3) is 0 Å². The highest BCUT2D eigenvalue weighted by atomic mass is 35.5. The normalized spacial score (nSPS) is 10.8. The molecule has 3 rings (SSSR count). The van der Waals surface area contributed by atoms with Crippen LogP contribution in [0.4, 0.5) is 0 Å². The highest BCUT2D eigenvalue weighted by Gasteiger charge is 2.18. The summed E-state index contributed by atoms with van der Waals surface area (Å²) in [5, 5.41) is 1.44. The molecule has 3 nitrogen and oxygen atoms in total. The van der Waals surface area contributed by atoms with E-state index in [2.05, 4.69) is 4.98 Å². The van der Waals surface area contributed by atoms with Gasteiger partial charge in [-0.15, -0.1) is 11.6 Å². The first-order valence-electron chi connectivity index (χ1n) is 6.76. The summed E-state index contributed by atoms with van der Waals surface area (Å²) in [6.45, 7) is 0.220. The van der Waals surface area contributed by atoms with E-state index in [1.165, 1.54) is 0 Å². The minimum absolute atomic E-state index is 0.204. The molecular formula is C17H13Cl2NO2. The van der Waals surface area contributed by atoms with Crippen LogP contribution in [0.15, 0.2) is 48.5 Å². The van der Waals surface area contributed by atoms with Gasteiger partial charge in [0.15, 0.2) is 0 Å². The Labute approximate surface area is 137 Å². The monoisotopic (exact) mass is 333 g/mol. The zero-order chi connectivity index (χ0) is 15.5. The molecule has 5 heteroatoms. The molecule has 0 aliphatic rings. The quantitative estimate of drug-likeness (QED) is 0.544. The average Bonchev–Trinajstić information content (AvgIpc) is 2.91. The largest absolute Gasteiger partial charge is 0.456 e. The molecule has 0 spiro atoms. The summed E-state index contributed by atoms with van der Waals surface area (Å²) in [4.78, 5) is 15.4. The van der Waals surface area contributed by atoms with Crippen LogP contribution in [0.5, 0.6) is 0 Å². The van der Waals surface area contributed by atoms with Gasteiger partial charge in [-0.3, -0.25) is 0 Å². The molecule has 0 saturated heterocycles. The second-order valence-corrected chi connectivity index (χ2v) is 5.57. The van der Waals surface area contributed by atoms with Crippen LogP contribution in [0, 0.1) is 0 Å². The van der Waals surface area contributed by atoms with Gasteiger partial charge in [-0.05, 0) is 23.8 Å². The zero-order valence-electron chi connectivity index (χ0n) is 11.6. The summed E-state index contributed by atoms with van der Waals surface area (Å²) in [6.07, 6.45) is 0. The van der Waals surface area contributed by atoms with Crippen molar-refractivity contribution < 1.29 is 9.53 Å². The highest BCUT2D eigenvalue weighted by molar-refractivity contribution is 6.31. The van der Waals surface area contributed by atoms with Gasteiger partial charge >= 0.3 is 5.97 Å². The zero-order valence-corrected chi connectivity index (χ0v) is 13.1. The fourth-order valence-corrected chi connectivity index (χ4v) is 2.78. The number of H-pyrrole nitrogens is 1. The molecule has 0 amide bonds. The van der Waals surface area contributed by atoms with Crippen molar-refractivity contribution in [2.45, 2.75) is 12.5 Å². The van der Waals surface area contributed by atoms with E-state index in [-0.39, 0.29) is 12.5 Å². The van der Waals surface area contributed by atoms with Gasteiger partial charge in [0, 0.05) is 21.5 Å². The summed E-state index contributed by atoms with van der Waals surface area (Å²) in [6, 6.07) is 14.9. The summed E-state index contributed by atoms with van der Waals surface area (Å²) < 4.78 is 5.35. The lowest BCUT2D eigenvalue weighted by Gasteiger charge is -2.05. The molecule has 0 atom stereocenters. The van der Waals surface area contributed by atoms with Gasteiger partial charge in [0.2, 0.25) is 0 Å². The Morgan fingerprint density at radius 2 is 1.91 bits per heavy atom. The first kappa shape index (κ1) is 14.9. The number of rotatable bonds is 4. The second-order valence-electron chi connectivity index (χ2n) is 4.86. The number of aromatic nitrogens is 1. The Morgan fingerprint density at radius 1 is 1.14 bits per heavy atom. The smallest absolute Gasteiger partial charge is 0.355 e. The van der Waals surface area contributed by atoms with Gasteiger partial charge in [0.05, 0.1) is 5.88 Å². The van der Waals surface area contributed by atoms with E-state index >= 15 is 0 Å². The second kappa shape index (κ2) is 6.42. The van der Waals surface area contributed by atoms with E-state index in [1.807, 2.05) is 36.4 Å². The highest BCUT2D eigenvalue weighted by Crippen LogP contribution is 2.27. The standard InChI is InChI=1S/C17H13Cl2NO2/c18-9-14-13-8-12(19)6-7-15(13)20-16(14)17(21)22-10-11-4-2-1-3-5-11/h1-8,20H,9-10H2. The van der Waals surface area contributed by atoms with Crippen LogP contribution in [0.25, 0.3) is 10.9 Å². The lowest BCUT2D eigenvalue weighted by Crippen LogP contribution is -2.07. The summed E-state index contributed by atoms with van der Waals surface area (Å²) in [7, 11) is 0. The molecule has 1 aromatic heterocycles. The van der Waals surface area contributed by atoms with Gasteiger partial charge in [-0.2, -0.15) is 0 Å². The summed E-state index contributed by atoms with van der Waals surface area (Å²) in [5.74, 6) is -0.220. The third-order valence-corrected chi connectivity index (χ3v) is 3.92. The van der Waals surface area contributed by atoms with Gasteiger partial charge in [-0.1, -0.05) is 41.9 Å². The Morgan fingerprint density at radius 3 is 2.64 bits per heavy atom. The molecule has 0 fully saturated rings. The Kier molecular flexibility index (Phi) is 4.36. The number of esters is 1. The van der Waals surface area contributed by atoms with Crippen molar-refractivity contribution in [2.75, 3.05) is 0 Å². The van der Waals surface area contributed by atoms with E-state index in [9.17, 15) is 4.79 Å². The number of ether oxygens (including phenoxy) is 1. The predicted molar refractivity (Wildman–Crippen MR) is 88.4 cm³/mol. The molecule has 22 heavy (non-hydrogen) atoms. The van der Waals surface area contributed by atoms with E-state index in [0.29, 0.717) is 16.3 Å². The van der Waals surface area contributed by atoms with Crippen molar-refractivity contribution in [3.05, 3.63) is 70.4 Å². The Hall–Kier alpha value is -1.97. The van der Waals surface area contributed by atoms with Crippen molar-refractivity contribution in [2.24, 2.45) is 0 Å². The maximum Gasteiger partial charge on any atom is 0.355 e. The molecule has 0 saturated carbocycles. The van der Waals surface area contributed by atoms with Crippen LogP contribution in [0.1, 0.15) is 21.6 Å². The van der Waals surface area contributed by atoms with Gasteiger partial charge in [-0.25, -0.2) is 4.79 Å².